The van der Waals surface area contributed by atoms with Gasteiger partial charge in [0.2, 0.25) is 5.95 Å². The van der Waals surface area contributed by atoms with Crippen LogP contribution in [-0.4, -0.2) is 66.3 Å². The van der Waals surface area contributed by atoms with Gasteiger partial charge in [-0.2, -0.15) is 4.98 Å². The zero-order valence-corrected chi connectivity index (χ0v) is 22.6. The summed E-state index contributed by atoms with van der Waals surface area (Å²) >= 11 is 0. The number of pyridine rings is 1. The molecular weight excluding hydrogens is 500 g/mol. The molecule has 0 aliphatic carbocycles. The second kappa shape index (κ2) is 10.5. The molecule has 10 heteroatoms. The first kappa shape index (κ1) is 25.9. The number of nitrogens with zero attached hydrogens (tertiary/aromatic N) is 5. The van der Waals surface area contributed by atoms with E-state index in [0.29, 0.717) is 22.5 Å². The Morgan fingerprint density at radius 3 is 2.37 bits per heavy atom. The number of benzene rings is 2. The van der Waals surface area contributed by atoms with Crippen LogP contribution in [0.25, 0.3) is 11.0 Å². The first-order valence-electron chi connectivity index (χ1n) is 12.7. The van der Waals surface area contributed by atoms with Gasteiger partial charge in [-0.05, 0) is 62.9 Å². The Bertz CT molecular complexity index is 1610. The molecule has 1 fully saturated rings. The van der Waals surface area contributed by atoms with Crippen LogP contribution >= 0.6 is 0 Å². The van der Waals surface area contributed by atoms with Gasteiger partial charge in [0.15, 0.2) is 9.84 Å². The maximum absolute atomic E-state index is 13.0. The number of likely N-dealkylation sites (N-methyl/N-ethyl adjacent to an activating group) is 1. The number of nitrogens with one attached hydrogen (secondary N) is 1. The van der Waals surface area contributed by atoms with Crippen LogP contribution in [0.4, 0.5) is 17.3 Å². The normalized spacial score (nSPS) is 14.8. The van der Waals surface area contributed by atoms with Crippen LogP contribution in [0.15, 0.2) is 76.6 Å². The zero-order valence-electron chi connectivity index (χ0n) is 21.8. The van der Waals surface area contributed by atoms with E-state index < -0.39 is 15.1 Å². The molecule has 0 atom stereocenters. The van der Waals surface area contributed by atoms with Crippen LogP contribution in [0.3, 0.4) is 0 Å². The fraction of sp³-hybridized carbons (Fsp3) is 0.321. The van der Waals surface area contributed by atoms with Gasteiger partial charge in [0.25, 0.3) is 5.56 Å². The van der Waals surface area contributed by atoms with Gasteiger partial charge in [-0.3, -0.25) is 9.36 Å². The van der Waals surface area contributed by atoms with Crippen molar-refractivity contribution >= 4 is 38.2 Å². The highest BCUT2D eigenvalue weighted by Gasteiger charge is 2.23. The lowest BCUT2D eigenvalue weighted by Gasteiger charge is -2.34. The highest BCUT2D eigenvalue weighted by molar-refractivity contribution is 7.92. The van der Waals surface area contributed by atoms with Gasteiger partial charge in [0, 0.05) is 55.2 Å². The van der Waals surface area contributed by atoms with E-state index in [-0.39, 0.29) is 17.0 Å². The molecule has 5 rings (SSSR count). The van der Waals surface area contributed by atoms with Crippen LogP contribution in [0, 0.1) is 0 Å². The number of hydrogen-bond acceptors (Lipinski definition) is 8. The molecule has 38 heavy (non-hydrogen) atoms. The maximum atomic E-state index is 13.0. The topological polar surface area (TPSA) is 100 Å². The number of hydrogen-bond donors (Lipinski definition) is 1. The number of piperazine rings is 1. The maximum Gasteiger partial charge on any atom is 0.252 e. The second-order valence-corrected chi connectivity index (χ2v) is 12.4. The Morgan fingerprint density at radius 1 is 0.947 bits per heavy atom. The monoisotopic (exact) mass is 532 g/mol. The molecule has 0 amide bonds. The minimum absolute atomic E-state index is 0.0778. The third-order valence-corrected chi connectivity index (χ3v) is 9.20. The quantitative estimate of drug-likeness (QED) is 0.386. The molecule has 3 heterocycles. The van der Waals surface area contributed by atoms with Gasteiger partial charge in [0.05, 0.1) is 16.7 Å². The molecule has 0 saturated carbocycles. The average Bonchev–Trinajstić information content (AvgIpc) is 2.91. The lowest BCUT2D eigenvalue weighted by atomic mass is 10.2. The van der Waals surface area contributed by atoms with Crippen molar-refractivity contribution in [2.75, 3.05) is 43.4 Å². The highest BCUT2D eigenvalue weighted by Crippen LogP contribution is 2.24. The van der Waals surface area contributed by atoms with E-state index in [0.717, 1.165) is 31.9 Å². The molecule has 9 nitrogen and oxygen atoms in total. The van der Waals surface area contributed by atoms with Crippen molar-refractivity contribution in [3.05, 3.63) is 82.8 Å². The molecular formula is C28H32N6O3S. The molecule has 4 aromatic rings. The van der Waals surface area contributed by atoms with Crippen molar-refractivity contribution in [1.82, 2.24) is 19.4 Å². The molecule has 0 bridgehead atoms. The zero-order chi connectivity index (χ0) is 26.9. The fourth-order valence-electron chi connectivity index (χ4n) is 4.57. The van der Waals surface area contributed by atoms with Crippen LogP contribution in [0.2, 0.25) is 0 Å². The molecule has 2 aromatic heterocycles. The molecule has 1 saturated heterocycles. The summed E-state index contributed by atoms with van der Waals surface area (Å²) in [5.74, 6) is 0.354. The van der Waals surface area contributed by atoms with E-state index in [2.05, 4.69) is 44.3 Å². The van der Waals surface area contributed by atoms with E-state index in [4.69, 9.17) is 0 Å². The third-order valence-electron chi connectivity index (χ3n) is 6.94. The van der Waals surface area contributed by atoms with Crippen LogP contribution in [0.1, 0.15) is 19.4 Å². The minimum atomic E-state index is -3.52. The molecule has 1 aliphatic rings. The second-order valence-electron chi connectivity index (χ2n) is 9.89. The van der Waals surface area contributed by atoms with Crippen molar-refractivity contribution in [3.8, 4) is 0 Å². The summed E-state index contributed by atoms with van der Waals surface area (Å²) in [4.78, 5) is 26.9. The van der Waals surface area contributed by atoms with E-state index in [1.807, 2.05) is 12.1 Å². The smallest absolute Gasteiger partial charge is 0.252 e. The van der Waals surface area contributed by atoms with Crippen LogP contribution < -0.4 is 15.8 Å². The standard InChI is InChI=1S/C28H32N6O3S/c1-20(2)38(36,37)25-7-5-4-6-22(25)19-34-26(35)13-8-21-18-29-28(31-27(21)34)30-23-9-11-24(12-10-23)33-16-14-32(3)15-17-33/h4-13,18,20H,14-17,19H2,1-3H3,(H,29,30,31). The Hall–Kier alpha value is -3.76. The average molecular weight is 533 g/mol. The first-order chi connectivity index (χ1) is 18.2. The van der Waals surface area contributed by atoms with E-state index >= 15 is 0 Å². The number of sulfone groups is 1. The summed E-state index contributed by atoms with van der Waals surface area (Å²) < 4.78 is 27.4. The Kier molecular flexibility index (Phi) is 7.18. The van der Waals surface area contributed by atoms with Gasteiger partial charge in [-0.1, -0.05) is 18.2 Å². The number of fused-ring (bicyclic) bond motifs is 1. The minimum Gasteiger partial charge on any atom is -0.369 e. The van der Waals surface area contributed by atoms with Crippen molar-refractivity contribution in [1.29, 1.82) is 0 Å². The predicted octanol–water partition coefficient (Wildman–Crippen LogP) is 3.52. The largest absolute Gasteiger partial charge is 0.369 e. The van der Waals surface area contributed by atoms with Crippen LogP contribution in [-0.2, 0) is 16.4 Å². The number of aromatic nitrogens is 3. The molecule has 1 aliphatic heterocycles. The molecule has 198 valence electrons. The van der Waals surface area contributed by atoms with Gasteiger partial charge in [-0.15, -0.1) is 0 Å². The number of rotatable bonds is 7. The Labute approximate surface area is 222 Å². The van der Waals surface area contributed by atoms with Gasteiger partial charge in [-0.25, -0.2) is 13.4 Å². The molecule has 0 spiro atoms. The van der Waals surface area contributed by atoms with Gasteiger partial charge < -0.3 is 15.1 Å². The SMILES string of the molecule is CC(C)S(=O)(=O)c1ccccc1Cn1c(=O)ccc2cnc(Nc3ccc(N4CCN(C)CC4)cc3)nc21. The lowest BCUT2D eigenvalue weighted by Crippen LogP contribution is -2.44. The highest BCUT2D eigenvalue weighted by atomic mass is 32.2. The Balaban J connectivity index is 1.44. The van der Waals surface area contributed by atoms with Crippen molar-refractivity contribution in [2.45, 2.75) is 30.5 Å². The molecule has 1 N–H and O–H groups in total. The first-order valence-corrected chi connectivity index (χ1v) is 14.3. The Morgan fingerprint density at radius 2 is 1.66 bits per heavy atom. The van der Waals surface area contributed by atoms with Crippen LogP contribution in [0.5, 0.6) is 0 Å². The van der Waals surface area contributed by atoms with Gasteiger partial charge >= 0.3 is 0 Å². The predicted molar refractivity (Wildman–Crippen MR) is 151 cm³/mol. The fourth-order valence-corrected chi connectivity index (χ4v) is 5.84. The molecule has 0 radical (unpaired) electrons. The van der Waals surface area contributed by atoms with Crippen molar-refractivity contribution in [2.24, 2.45) is 0 Å². The molecule has 0 unspecified atom stereocenters. The summed E-state index contributed by atoms with van der Waals surface area (Å²) in [5, 5.41) is 3.34. The summed E-state index contributed by atoms with van der Waals surface area (Å²) in [6, 6.07) is 18.1. The molecule has 2 aromatic carbocycles. The van der Waals surface area contributed by atoms with E-state index in [1.54, 1.807) is 50.4 Å². The van der Waals surface area contributed by atoms with Crippen molar-refractivity contribution < 1.29 is 8.42 Å². The van der Waals surface area contributed by atoms with Gasteiger partial charge in [0.1, 0.15) is 5.65 Å². The van der Waals surface area contributed by atoms with E-state index in [9.17, 15) is 13.2 Å². The van der Waals surface area contributed by atoms with Crippen molar-refractivity contribution in [3.63, 3.8) is 0 Å². The summed E-state index contributed by atoms with van der Waals surface area (Å²) in [5.41, 5.74) is 2.71. The number of anilines is 3. The third kappa shape index (κ3) is 5.27. The summed E-state index contributed by atoms with van der Waals surface area (Å²) in [6.45, 7) is 7.46. The summed E-state index contributed by atoms with van der Waals surface area (Å²) in [6.07, 6.45) is 1.66. The lowest BCUT2D eigenvalue weighted by molar-refractivity contribution is 0.313. The summed E-state index contributed by atoms with van der Waals surface area (Å²) in [7, 11) is -1.38. The van der Waals surface area contributed by atoms with E-state index in [1.165, 1.54) is 16.3 Å².